The van der Waals surface area contributed by atoms with E-state index in [1.54, 1.807) is 37.3 Å². The normalized spacial score (nSPS) is 11.5. The van der Waals surface area contributed by atoms with E-state index in [9.17, 15) is 9.59 Å². The second-order valence-electron chi connectivity index (χ2n) is 7.31. The van der Waals surface area contributed by atoms with Gasteiger partial charge in [-0.05, 0) is 50.6 Å². The van der Waals surface area contributed by atoms with Crippen molar-refractivity contribution in [3.63, 3.8) is 0 Å². The molecule has 1 unspecified atom stereocenters. The molecular formula is C24H25ClN2O6. The smallest absolute Gasteiger partial charge is 0.339 e. The predicted octanol–water partition coefficient (Wildman–Crippen LogP) is 4.39. The summed E-state index contributed by atoms with van der Waals surface area (Å²) >= 11 is 6.09. The highest BCUT2D eigenvalue weighted by Gasteiger charge is 2.20. The molecular weight excluding hydrogens is 448 g/mol. The lowest BCUT2D eigenvalue weighted by molar-refractivity contribution is -0.129. The van der Waals surface area contributed by atoms with Gasteiger partial charge in [-0.1, -0.05) is 35.0 Å². The number of esters is 1. The summed E-state index contributed by atoms with van der Waals surface area (Å²) < 4.78 is 21.6. The maximum Gasteiger partial charge on any atom is 0.339 e. The molecule has 0 saturated carbocycles. The van der Waals surface area contributed by atoms with E-state index in [1.807, 2.05) is 13.0 Å². The molecule has 0 aliphatic carbocycles. The van der Waals surface area contributed by atoms with E-state index in [0.717, 1.165) is 16.8 Å². The molecule has 1 aromatic heterocycles. The van der Waals surface area contributed by atoms with E-state index in [-0.39, 0.29) is 18.7 Å². The fourth-order valence-corrected chi connectivity index (χ4v) is 3.22. The molecule has 0 aliphatic rings. The van der Waals surface area contributed by atoms with E-state index in [4.69, 9.17) is 30.3 Å². The molecule has 1 atom stereocenters. The van der Waals surface area contributed by atoms with Crippen LogP contribution in [-0.4, -0.2) is 30.2 Å². The Labute approximate surface area is 196 Å². The summed E-state index contributed by atoms with van der Waals surface area (Å²) in [7, 11) is 1.47. The number of carbonyl (C=O) groups is 2. The van der Waals surface area contributed by atoms with Gasteiger partial charge in [0, 0.05) is 11.6 Å². The van der Waals surface area contributed by atoms with Gasteiger partial charge in [-0.2, -0.15) is 0 Å². The maximum absolute atomic E-state index is 12.6. The lowest BCUT2D eigenvalue weighted by atomic mass is 10.2. The molecule has 0 saturated heterocycles. The quantitative estimate of drug-likeness (QED) is 0.461. The molecule has 8 nitrogen and oxygen atoms in total. The number of hydrogen-bond donors (Lipinski definition) is 1. The number of amides is 1. The zero-order valence-electron chi connectivity index (χ0n) is 18.8. The van der Waals surface area contributed by atoms with Gasteiger partial charge in [-0.3, -0.25) is 4.79 Å². The van der Waals surface area contributed by atoms with Gasteiger partial charge in [-0.15, -0.1) is 0 Å². The summed E-state index contributed by atoms with van der Waals surface area (Å²) in [6.07, 6.45) is -0.999. The number of methoxy groups -OCH3 is 1. The molecule has 0 fully saturated rings. The Balaban J connectivity index is 1.59. The highest BCUT2D eigenvalue weighted by Crippen LogP contribution is 2.30. The predicted molar refractivity (Wildman–Crippen MR) is 121 cm³/mol. The first-order valence-corrected chi connectivity index (χ1v) is 10.6. The molecule has 0 bridgehead atoms. The largest absolute Gasteiger partial charge is 0.493 e. The first-order valence-electron chi connectivity index (χ1n) is 10.2. The molecule has 0 spiro atoms. The number of aromatic nitrogens is 1. The molecule has 9 heteroatoms. The summed E-state index contributed by atoms with van der Waals surface area (Å²) in [5, 5.41) is 7.15. The standard InChI is InChI=1S/C24H25ClN2O6/c1-14-19(15(2)33-27-14)13-31-21-10-9-17(11-22(21)30-4)24(29)32-16(3)23(28)26-12-18-7-5-6-8-20(18)25/h5-11,16H,12-13H2,1-4H3,(H,26,28). The van der Waals surface area contributed by atoms with Crippen molar-refractivity contribution in [2.75, 3.05) is 7.11 Å². The van der Waals surface area contributed by atoms with Crippen molar-refractivity contribution in [3.05, 3.63) is 75.6 Å². The number of rotatable bonds is 9. The van der Waals surface area contributed by atoms with Gasteiger partial charge in [0.05, 0.1) is 23.9 Å². The van der Waals surface area contributed by atoms with Crippen LogP contribution in [0.2, 0.25) is 5.02 Å². The fraction of sp³-hybridized carbons (Fsp3) is 0.292. The highest BCUT2D eigenvalue weighted by atomic mass is 35.5. The summed E-state index contributed by atoms with van der Waals surface area (Å²) in [6.45, 7) is 5.60. The average Bonchev–Trinajstić information content (AvgIpc) is 3.13. The van der Waals surface area contributed by atoms with Crippen molar-refractivity contribution in [1.29, 1.82) is 0 Å². The Morgan fingerprint density at radius 3 is 2.58 bits per heavy atom. The van der Waals surface area contributed by atoms with Gasteiger partial charge in [0.2, 0.25) is 0 Å². The lowest BCUT2D eigenvalue weighted by Crippen LogP contribution is -2.35. The Hall–Kier alpha value is -3.52. The molecule has 33 heavy (non-hydrogen) atoms. The van der Waals surface area contributed by atoms with Crippen LogP contribution < -0.4 is 14.8 Å². The molecule has 1 heterocycles. The minimum atomic E-state index is -0.999. The van der Waals surface area contributed by atoms with Crippen LogP contribution in [0.4, 0.5) is 0 Å². The highest BCUT2D eigenvalue weighted by molar-refractivity contribution is 6.31. The molecule has 2 aromatic carbocycles. The number of aryl methyl sites for hydroxylation is 2. The fourth-order valence-electron chi connectivity index (χ4n) is 3.02. The summed E-state index contributed by atoms with van der Waals surface area (Å²) in [4.78, 5) is 24.9. The maximum atomic E-state index is 12.6. The molecule has 3 aromatic rings. The molecule has 0 radical (unpaired) electrons. The number of hydrogen-bond acceptors (Lipinski definition) is 7. The first-order chi connectivity index (χ1) is 15.8. The second kappa shape index (κ2) is 10.9. The minimum absolute atomic E-state index is 0.224. The molecule has 3 rings (SSSR count). The van der Waals surface area contributed by atoms with E-state index in [1.165, 1.54) is 20.1 Å². The third-order valence-electron chi connectivity index (χ3n) is 5.02. The third-order valence-corrected chi connectivity index (χ3v) is 5.39. The molecule has 1 amide bonds. The second-order valence-corrected chi connectivity index (χ2v) is 7.72. The summed E-state index contributed by atoms with van der Waals surface area (Å²) in [6, 6.07) is 11.8. The van der Waals surface area contributed by atoms with Gasteiger partial charge in [0.25, 0.3) is 5.91 Å². The SMILES string of the molecule is COc1cc(C(=O)OC(C)C(=O)NCc2ccccc2Cl)ccc1OCc1c(C)noc1C. The van der Waals surface area contributed by atoms with E-state index >= 15 is 0 Å². The number of halogens is 1. The monoisotopic (exact) mass is 472 g/mol. The van der Waals surface area contributed by atoms with E-state index in [0.29, 0.717) is 22.3 Å². The number of nitrogens with one attached hydrogen (secondary N) is 1. The van der Waals surface area contributed by atoms with Crippen molar-refractivity contribution < 1.29 is 28.3 Å². The number of benzene rings is 2. The van der Waals surface area contributed by atoms with Crippen LogP contribution in [0.3, 0.4) is 0 Å². The van der Waals surface area contributed by atoms with Crippen LogP contribution in [0, 0.1) is 13.8 Å². The topological polar surface area (TPSA) is 99.9 Å². The van der Waals surface area contributed by atoms with Crippen LogP contribution in [0.25, 0.3) is 0 Å². The van der Waals surface area contributed by atoms with Gasteiger partial charge >= 0.3 is 5.97 Å². The van der Waals surface area contributed by atoms with Gasteiger partial charge < -0.3 is 24.1 Å². The van der Waals surface area contributed by atoms with Crippen molar-refractivity contribution in [3.8, 4) is 11.5 Å². The average molecular weight is 473 g/mol. The zero-order valence-corrected chi connectivity index (χ0v) is 19.6. The molecule has 1 N–H and O–H groups in total. The van der Waals surface area contributed by atoms with Crippen LogP contribution in [-0.2, 0) is 22.7 Å². The van der Waals surface area contributed by atoms with Crippen LogP contribution in [0.15, 0.2) is 47.0 Å². The Kier molecular flexibility index (Phi) is 7.95. The number of ether oxygens (including phenoxy) is 3. The molecule has 174 valence electrons. The van der Waals surface area contributed by atoms with Crippen molar-refractivity contribution in [2.45, 2.75) is 40.0 Å². The van der Waals surface area contributed by atoms with Gasteiger partial charge in [0.1, 0.15) is 12.4 Å². The lowest BCUT2D eigenvalue weighted by Gasteiger charge is -2.15. The number of nitrogens with zero attached hydrogens (tertiary/aromatic N) is 1. The Morgan fingerprint density at radius 1 is 1.15 bits per heavy atom. The van der Waals surface area contributed by atoms with E-state index < -0.39 is 18.0 Å². The van der Waals surface area contributed by atoms with Crippen molar-refractivity contribution in [1.82, 2.24) is 10.5 Å². The van der Waals surface area contributed by atoms with E-state index in [2.05, 4.69) is 10.5 Å². The first kappa shape index (κ1) is 24.1. The third kappa shape index (κ3) is 6.04. The molecule has 0 aliphatic heterocycles. The van der Waals surface area contributed by atoms with Gasteiger partial charge in [-0.25, -0.2) is 4.79 Å². The summed E-state index contributed by atoms with van der Waals surface area (Å²) in [5.41, 5.74) is 2.58. The van der Waals surface area contributed by atoms with Crippen LogP contribution in [0.5, 0.6) is 11.5 Å². The number of carbonyl (C=O) groups excluding carboxylic acids is 2. The zero-order chi connectivity index (χ0) is 24.0. The Morgan fingerprint density at radius 2 is 1.91 bits per heavy atom. The van der Waals surface area contributed by atoms with Gasteiger partial charge in [0.15, 0.2) is 17.6 Å². The minimum Gasteiger partial charge on any atom is -0.493 e. The van der Waals surface area contributed by atoms with Crippen molar-refractivity contribution in [2.24, 2.45) is 0 Å². The van der Waals surface area contributed by atoms with Crippen LogP contribution >= 0.6 is 11.6 Å². The van der Waals surface area contributed by atoms with Crippen LogP contribution in [0.1, 0.15) is 39.9 Å². The summed E-state index contributed by atoms with van der Waals surface area (Å²) in [5.74, 6) is 0.376. The van der Waals surface area contributed by atoms with Crippen molar-refractivity contribution >= 4 is 23.5 Å². The Bertz CT molecular complexity index is 1120.